The van der Waals surface area contributed by atoms with Crippen LogP contribution in [0.1, 0.15) is 23.1 Å². The van der Waals surface area contributed by atoms with E-state index < -0.39 is 5.60 Å². The van der Waals surface area contributed by atoms with E-state index in [2.05, 4.69) is 0 Å². The Hall–Kier alpha value is -2.07. The molecule has 1 atom stereocenters. The van der Waals surface area contributed by atoms with Crippen molar-refractivity contribution in [2.45, 2.75) is 18.4 Å². The molecule has 3 nitrogen and oxygen atoms in total. The Morgan fingerprint density at radius 1 is 1.05 bits per heavy atom. The van der Waals surface area contributed by atoms with Gasteiger partial charge in [0.05, 0.1) is 0 Å². The second kappa shape index (κ2) is 4.46. The molecule has 4 heteroatoms. The molecule has 1 unspecified atom stereocenters. The minimum absolute atomic E-state index is 0.249. The Bertz CT molecular complexity index is 713. The van der Waals surface area contributed by atoms with E-state index in [1.54, 1.807) is 24.3 Å². The average molecular weight is 286 g/mol. The molecule has 2 aromatic rings. The van der Waals surface area contributed by atoms with Crippen molar-refractivity contribution in [1.29, 1.82) is 0 Å². The third-order valence-electron chi connectivity index (χ3n) is 4.32. The van der Waals surface area contributed by atoms with E-state index in [0.717, 1.165) is 5.56 Å². The molecule has 1 aliphatic heterocycles. The molecule has 1 heterocycles. The highest BCUT2D eigenvalue weighted by Crippen LogP contribution is 2.45. The topological polar surface area (TPSA) is 38.7 Å². The fraction of sp³-hybridized carbons (Fsp3) is 0.294. The monoisotopic (exact) mass is 286 g/mol. The molecule has 108 valence electrons. The van der Waals surface area contributed by atoms with Crippen molar-refractivity contribution < 1.29 is 19.0 Å². The van der Waals surface area contributed by atoms with Gasteiger partial charge in [0.1, 0.15) is 24.6 Å². The first-order chi connectivity index (χ1) is 10.2. The third-order valence-corrected chi connectivity index (χ3v) is 4.32. The molecule has 0 saturated heterocycles. The zero-order valence-corrected chi connectivity index (χ0v) is 11.4. The van der Waals surface area contributed by atoms with Gasteiger partial charge in [0, 0.05) is 0 Å². The first kappa shape index (κ1) is 12.7. The number of aliphatic hydroxyl groups is 1. The summed E-state index contributed by atoms with van der Waals surface area (Å²) in [4.78, 5) is 0. The lowest BCUT2D eigenvalue weighted by atomic mass is 9.87. The highest BCUT2D eigenvalue weighted by atomic mass is 19.1. The largest absolute Gasteiger partial charge is 0.486 e. The summed E-state index contributed by atoms with van der Waals surface area (Å²) in [5, 5.41) is 11.1. The maximum absolute atomic E-state index is 13.9. The SMILES string of the molecule is OC1(c2ccc3c(c2)OCCO3)CCc2c(F)cccc21. The highest BCUT2D eigenvalue weighted by Gasteiger charge is 2.40. The molecule has 1 N–H and O–H groups in total. The standard InChI is InChI=1S/C17H15FO3/c18-14-3-1-2-13-12(14)6-7-17(13,19)11-4-5-15-16(10-11)21-9-8-20-15/h1-5,10,19H,6-9H2. The maximum atomic E-state index is 13.9. The predicted molar refractivity (Wildman–Crippen MR) is 75.2 cm³/mol. The predicted octanol–water partition coefficient (Wildman–Crippen LogP) is 2.78. The van der Waals surface area contributed by atoms with Crippen LogP contribution in [-0.4, -0.2) is 18.3 Å². The summed E-state index contributed by atoms with van der Waals surface area (Å²) in [7, 11) is 0. The van der Waals surface area contributed by atoms with Crippen molar-refractivity contribution in [3.63, 3.8) is 0 Å². The minimum atomic E-state index is -1.16. The van der Waals surface area contributed by atoms with Gasteiger partial charge in [0.25, 0.3) is 0 Å². The summed E-state index contributed by atoms with van der Waals surface area (Å²) >= 11 is 0. The molecule has 0 amide bonds. The summed E-state index contributed by atoms with van der Waals surface area (Å²) in [6.07, 6.45) is 1.01. The Labute approximate surface area is 121 Å². The fourth-order valence-electron chi connectivity index (χ4n) is 3.24. The quantitative estimate of drug-likeness (QED) is 0.876. The van der Waals surface area contributed by atoms with Crippen LogP contribution in [0.5, 0.6) is 11.5 Å². The first-order valence-corrected chi connectivity index (χ1v) is 7.09. The lowest BCUT2D eigenvalue weighted by Gasteiger charge is -2.27. The van der Waals surface area contributed by atoms with Gasteiger partial charge in [-0.2, -0.15) is 0 Å². The second-order valence-electron chi connectivity index (χ2n) is 5.48. The molecular weight excluding hydrogens is 271 g/mol. The van der Waals surface area contributed by atoms with Crippen molar-refractivity contribution in [3.05, 3.63) is 58.9 Å². The van der Waals surface area contributed by atoms with E-state index in [-0.39, 0.29) is 5.82 Å². The van der Waals surface area contributed by atoms with Gasteiger partial charge in [-0.25, -0.2) is 4.39 Å². The van der Waals surface area contributed by atoms with Gasteiger partial charge in [0.2, 0.25) is 0 Å². The van der Waals surface area contributed by atoms with Crippen molar-refractivity contribution in [2.24, 2.45) is 0 Å². The van der Waals surface area contributed by atoms with Crippen LogP contribution in [0.25, 0.3) is 0 Å². The smallest absolute Gasteiger partial charge is 0.161 e. The van der Waals surface area contributed by atoms with E-state index in [0.29, 0.717) is 48.7 Å². The van der Waals surface area contributed by atoms with Crippen LogP contribution in [-0.2, 0) is 12.0 Å². The van der Waals surface area contributed by atoms with Crippen LogP contribution in [0, 0.1) is 5.82 Å². The molecule has 4 rings (SSSR count). The van der Waals surface area contributed by atoms with Crippen LogP contribution < -0.4 is 9.47 Å². The molecular formula is C17H15FO3. The zero-order valence-electron chi connectivity index (χ0n) is 11.4. The molecule has 2 aromatic carbocycles. The second-order valence-corrected chi connectivity index (χ2v) is 5.48. The number of hydrogen-bond acceptors (Lipinski definition) is 3. The molecule has 0 saturated carbocycles. The molecule has 0 aromatic heterocycles. The van der Waals surface area contributed by atoms with E-state index >= 15 is 0 Å². The summed E-state index contributed by atoms with van der Waals surface area (Å²) in [6, 6.07) is 10.3. The summed E-state index contributed by atoms with van der Waals surface area (Å²) in [5.74, 6) is 1.07. The van der Waals surface area contributed by atoms with Gasteiger partial charge in [-0.1, -0.05) is 18.2 Å². The van der Waals surface area contributed by atoms with Crippen molar-refractivity contribution in [3.8, 4) is 11.5 Å². The summed E-state index contributed by atoms with van der Waals surface area (Å²) in [6.45, 7) is 1.03. The Morgan fingerprint density at radius 3 is 2.71 bits per heavy atom. The fourth-order valence-corrected chi connectivity index (χ4v) is 3.24. The van der Waals surface area contributed by atoms with Gasteiger partial charge < -0.3 is 14.6 Å². The number of rotatable bonds is 1. The van der Waals surface area contributed by atoms with Crippen molar-refractivity contribution in [2.75, 3.05) is 13.2 Å². The van der Waals surface area contributed by atoms with Crippen LogP contribution in [0.2, 0.25) is 0 Å². The van der Waals surface area contributed by atoms with E-state index in [9.17, 15) is 9.50 Å². The Balaban J connectivity index is 1.83. The van der Waals surface area contributed by atoms with Gasteiger partial charge in [-0.15, -0.1) is 0 Å². The van der Waals surface area contributed by atoms with E-state index in [4.69, 9.17) is 9.47 Å². The van der Waals surface area contributed by atoms with Crippen molar-refractivity contribution in [1.82, 2.24) is 0 Å². The van der Waals surface area contributed by atoms with E-state index in [1.165, 1.54) is 6.07 Å². The lowest BCUT2D eigenvalue weighted by molar-refractivity contribution is 0.0819. The number of hydrogen-bond donors (Lipinski definition) is 1. The van der Waals surface area contributed by atoms with Crippen molar-refractivity contribution >= 4 is 0 Å². The number of ether oxygens (including phenoxy) is 2. The molecule has 2 aliphatic rings. The number of benzene rings is 2. The number of halogens is 1. The van der Waals surface area contributed by atoms with Crippen LogP contribution in [0.3, 0.4) is 0 Å². The average Bonchev–Trinajstić information content (AvgIpc) is 2.87. The lowest BCUT2D eigenvalue weighted by Crippen LogP contribution is -2.24. The highest BCUT2D eigenvalue weighted by molar-refractivity contribution is 5.51. The molecule has 1 aliphatic carbocycles. The third kappa shape index (κ3) is 1.83. The van der Waals surface area contributed by atoms with Gasteiger partial charge in [-0.05, 0) is 47.7 Å². The molecule has 0 radical (unpaired) electrons. The summed E-state index contributed by atoms with van der Waals surface area (Å²) in [5.41, 5.74) is 0.818. The summed E-state index contributed by atoms with van der Waals surface area (Å²) < 4.78 is 24.9. The molecule has 0 spiro atoms. The minimum Gasteiger partial charge on any atom is -0.486 e. The molecule has 0 bridgehead atoms. The van der Waals surface area contributed by atoms with Gasteiger partial charge in [-0.3, -0.25) is 0 Å². The molecule has 21 heavy (non-hydrogen) atoms. The van der Waals surface area contributed by atoms with Gasteiger partial charge >= 0.3 is 0 Å². The maximum Gasteiger partial charge on any atom is 0.161 e. The normalized spacial score (nSPS) is 23.0. The molecule has 0 fully saturated rings. The zero-order chi connectivity index (χ0) is 14.4. The van der Waals surface area contributed by atoms with Crippen LogP contribution >= 0.6 is 0 Å². The Morgan fingerprint density at radius 2 is 1.86 bits per heavy atom. The Kier molecular flexibility index (Phi) is 2.69. The van der Waals surface area contributed by atoms with Gasteiger partial charge in [0.15, 0.2) is 11.5 Å². The first-order valence-electron chi connectivity index (χ1n) is 7.09. The van der Waals surface area contributed by atoms with E-state index in [1.807, 2.05) is 6.07 Å². The van der Waals surface area contributed by atoms with Crippen LogP contribution in [0.4, 0.5) is 4.39 Å². The number of fused-ring (bicyclic) bond motifs is 2. The van der Waals surface area contributed by atoms with Crippen LogP contribution in [0.15, 0.2) is 36.4 Å².